The summed E-state index contributed by atoms with van der Waals surface area (Å²) in [6.07, 6.45) is -0.421. The molecule has 2 aromatic rings. The second-order valence-corrected chi connectivity index (χ2v) is 6.24. The van der Waals surface area contributed by atoms with Crippen LogP contribution in [0.3, 0.4) is 0 Å². The smallest absolute Gasteiger partial charge is 0.338 e. The topological polar surface area (TPSA) is 72.5 Å². The quantitative estimate of drug-likeness (QED) is 0.451. The minimum Gasteiger partial charge on any atom is -0.449 e. The van der Waals surface area contributed by atoms with Crippen LogP contribution in [0.4, 0.5) is 5.69 Å². The van der Waals surface area contributed by atoms with Gasteiger partial charge in [0.05, 0.1) is 26.3 Å². The number of hydrogen-bond acceptors (Lipinski definition) is 4. The third-order valence-electron chi connectivity index (χ3n) is 3.20. The molecule has 0 aromatic heterocycles. The summed E-state index contributed by atoms with van der Waals surface area (Å²) < 4.78 is 5.10. The number of carbonyl (C=O) groups is 3. The fourth-order valence-electron chi connectivity index (χ4n) is 1.83. The van der Waals surface area contributed by atoms with Crippen molar-refractivity contribution in [2.75, 3.05) is 5.32 Å². The molecule has 1 amide bonds. The molecule has 1 unspecified atom stereocenters. The van der Waals surface area contributed by atoms with E-state index >= 15 is 0 Å². The number of anilines is 1. The highest BCUT2D eigenvalue weighted by molar-refractivity contribution is 6.44. The molecule has 0 radical (unpaired) electrons. The van der Waals surface area contributed by atoms with E-state index in [4.69, 9.17) is 39.5 Å². The highest BCUT2D eigenvalue weighted by Gasteiger charge is 2.20. The number of carbonyl (C=O) groups excluding carboxylic acids is 3. The molecule has 1 atom stereocenters. The van der Waals surface area contributed by atoms with E-state index in [1.807, 2.05) is 0 Å². The van der Waals surface area contributed by atoms with Crippen molar-refractivity contribution in [2.45, 2.75) is 13.0 Å². The monoisotopic (exact) mass is 399 g/mol. The van der Waals surface area contributed by atoms with Gasteiger partial charge in [-0.3, -0.25) is 9.59 Å². The molecule has 5 nitrogen and oxygen atoms in total. The van der Waals surface area contributed by atoms with Crippen molar-refractivity contribution >= 4 is 58.7 Å². The van der Waals surface area contributed by atoms with Crippen molar-refractivity contribution in [1.82, 2.24) is 0 Å². The number of ether oxygens (including phenoxy) is 1. The van der Waals surface area contributed by atoms with Gasteiger partial charge in [-0.05, 0) is 31.2 Å². The lowest BCUT2D eigenvalue weighted by Gasteiger charge is -2.15. The third-order valence-corrected chi connectivity index (χ3v) is 4.24. The Labute approximate surface area is 158 Å². The summed E-state index contributed by atoms with van der Waals surface area (Å²) in [4.78, 5) is 34.8. The van der Waals surface area contributed by atoms with Gasteiger partial charge in [-0.2, -0.15) is 0 Å². The number of aldehydes is 1. The van der Waals surface area contributed by atoms with Gasteiger partial charge in [0.1, 0.15) is 6.29 Å². The molecule has 0 saturated heterocycles. The molecule has 25 heavy (non-hydrogen) atoms. The Morgan fingerprint density at radius 1 is 1.04 bits per heavy atom. The van der Waals surface area contributed by atoms with E-state index in [0.29, 0.717) is 11.8 Å². The van der Waals surface area contributed by atoms with E-state index in [-0.39, 0.29) is 26.3 Å². The Morgan fingerprint density at radius 3 is 2.24 bits per heavy atom. The Morgan fingerprint density at radius 2 is 1.64 bits per heavy atom. The predicted molar refractivity (Wildman–Crippen MR) is 96.8 cm³/mol. The molecule has 0 aliphatic rings. The van der Waals surface area contributed by atoms with Crippen LogP contribution in [0.2, 0.25) is 15.1 Å². The van der Waals surface area contributed by atoms with E-state index in [9.17, 15) is 14.4 Å². The van der Waals surface area contributed by atoms with Gasteiger partial charge < -0.3 is 10.1 Å². The zero-order chi connectivity index (χ0) is 18.6. The average molecular weight is 401 g/mol. The zero-order valence-corrected chi connectivity index (χ0v) is 15.2. The van der Waals surface area contributed by atoms with Crippen molar-refractivity contribution in [3.8, 4) is 0 Å². The normalized spacial score (nSPS) is 11.5. The summed E-state index contributed by atoms with van der Waals surface area (Å²) in [6, 6.07) is 8.62. The zero-order valence-electron chi connectivity index (χ0n) is 12.9. The summed E-state index contributed by atoms with van der Waals surface area (Å²) >= 11 is 17.7. The van der Waals surface area contributed by atoms with Crippen molar-refractivity contribution in [1.29, 1.82) is 0 Å². The second-order valence-electron chi connectivity index (χ2n) is 5.02. The van der Waals surface area contributed by atoms with Crippen LogP contribution in [0.15, 0.2) is 36.4 Å². The number of rotatable bonds is 5. The van der Waals surface area contributed by atoms with Crippen molar-refractivity contribution in [2.24, 2.45) is 0 Å². The number of nitrogens with one attached hydrogen (secondary N) is 1. The number of halogens is 3. The number of esters is 1. The van der Waals surface area contributed by atoms with Gasteiger partial charge >= 0.3 is 5.97 Å². The van der Waals surface area contributed by atoms with Gasteiger partial charge in [-0.15, -0.1) is 0 Å². The minimum absolute atomic E-state index is 0.200. The average Bonchev–Trinajstić information content (AvgIpc) is 2.59. The molecule has 130 valence electrons. The molecule has 8 heteroatoms. The highest BCUT2D eigenvalue weighted by atomic mass is 35.5. The third kappa shape index (κ3) is 4.95. The van der Waals surface area contributed by atoms with Crippen molar-refractivity contribution in [3.05, 3.63) is 62.6 Å². The minimum atomic E-state index is -1.08. The molecule has 2 aromatic carbocycles. The summed E-state index contributed by atoms with van der Waals surface area (Å²) in [5, 5.41) is 3.19. The molecule has 0 aliphatic carbocycles. The van der Waals surface area contributed by atoms with Gasteiger partial charge in [0.15, 0.2) is 6.10 Å². The lowest BCUT2D eigenvalue weighted by Crippen LogP contribution is -2.30. The standard InChI is InChI=1S/C17H12Cl3NO4/c1-9(25-17(24)11-4-2-10(8-22)3-5-11)16(23)21-15-7-13(19)12(18)6-14(15)20/h2-9H,1H3,(H,21,23). The molecule has 0 saturated carbocycles. The molecule has 0 fully saturated rings. The van der Waals surface area contributed by atoms with Crippen LogP contribution in [-0.2, 0) is 9.53 Å². The number of hydrogen-bond donors (Lipinski definition) is 1. The van der Waals surface area contributed by atoms with E-state index in [1.165, 1.54) is 43.3 Å². The molecular formula is C17H12Cl3NO4. The first-order valence-corrected chi connectivity index (χ1v) is 8.17. The van der Waals surface area contributed by atoms with Crippen LogP contribution in [0, 0.1) is 0 Å². The summed E-state index contributed by atoms with van der Waals surface area (Å²) in [6.45, 7) is 1.42. The van der Waals surface area contributed by atoms with Crippen LogP contribution in [0.5, 0.6) is 0 Å². The van der Waals surface area contributed by atoms with Crippen LogP contribution < -0.4 is 5.32 Å². The van der Waals surface area contributed by atoms with E-state index in [2.05, 4.69) is 5.32 Å². The fourth-order valence-corrected chi connectivity index (χ4v) is 2.43. The molecule has 0 aliphatic heterocycles. The first kappa shape index (κ1) is 19.2. The lowest BCUT2D eigenvalue weighted by atomic mass is 10.1. The van der Waals surface area contributed by atoms with Gasteiger partial charge in [-0.1, -0.05) is 46.9 Å². The maximum absolute atomic E-state index is 12.2. The van der Waals surface area contributed by atoms with E-state index < -0.39 is 18.0 Å². The molecule has 0 heterocycles. The SMILES string of the molecule is CC(OC(=O)c1ccc(C=O)cc1)C(=O)Nc1cc(Cl)c(Cl)cc1Cl. The lowest BCUT2D eigenvalue weighted by molar-refractivity contribution is -0.123. The van der Waals surface area contributed by atoms with E-state index in [0.717, 1.165) is 0 Å². The van der Waals surface area contributed by atoms with Crippen molar-refractivity contribution in [3.63, 3.8) is 0 Å². The summed E-state index contributed by atoms with van der Waals surface area (Å²) in [5.74, 6) is -1.28. The predicted octanol–water partition coefficient (Wildman–Crippen LogP) is 4.64. The maximum atomic E-state index is 12.2. The fraction of sp³-hybridized carbons (Fsp3) is 0.118. The second kappa shape index (κ2) is 8.34. The van der Waals surface area contributed by atoms with Gasteiger partial charge in [0.25, 0.3) is 5.91 Å². The van der Waals surface area contributed by atoms with Gasteiger partial charge in [-0.25, -0.2) is 4.79 Å². The van der Waals surface area contributed by atoms with Gasteiger partial charge in [0.2, 0.25) is 0 Å². The van der Waals surface area contributed by atoms with Crippen LogP contribution in [-0.4, -0.2) is 24.3 Å². The number of benzene rings is 2. The summed E-state index contributed by atoms with van der Waals surface area (Å²) in [5.41, 5.74) is 0.897. The Bertz CT molecular complexity index is 821. The largest absolute Gasteiger partial charge is 0.449 e. The van der Waals surface area contributed by atoms with Gasteiger partial charge in [0, 0.05) is 5.56 Å². The highest BCUT2D eigenvalue weighted by Crippen LogP contribution is 2.32. The molecule has 0 spiro atoms. The Hall–Kier alpha value is -2.08. The van der Waals surface area contributed by atoms with Crippen molar-refractivity contribution < 1.29 is 19.1 Å². The van der Waals surface area contributed by atoms with Crippen LogP contribution in [0.1, 0.15) is 27.6 Å². The summed E-state index contributed by atoms with van der Waals surface area (Å²) in [7, 11) is 0. The Kier molecular flexibility index (Phi) is 6.42. The molecule has 1 N–H and O–H groups in total. The van der Waals surface area contributed by atoms with Crippen LogP contribution >= 0.6 is 34.8 Å². The molecular weight excluding hydrogens is 389 g/mol. The molecule has 0 bridgehead atoms. The first-order chi connectivity index (χ1) is 11.8. The van der Waals surface area contributed by atoms with Crippen LogP contribution in [0.25, 0.3) is 0 Å². The first-order valence-electron chi connectivity index (χ1n) is 7.03. The molecule has 2 rings (SSSR count). The maximum Gasteiger partial charge on any atom is 0.338 e. The van der Waals surface area contributed by atoms with E-state index in [1.54, 1.807) is 0 Å². The number of amides is 1. The Balaban J connectivity index is 2.03.